The van der Waals surface area contributed by atoms with Crippen LogP contribution in [0.3, 0.4) is 0 Å². The molecule has 3 N–H and O–H groups in total. The first-order valence-corrected chi connectivity index (χ1v) is 5.80. The van der Waals surface area contributed by atoms with E-state index in [1.165, 1.54) is 12.1 Å². The maximum absolute atomic E-state index is 13.6. The molecule has 21 heavy (non-hydrogen) atoms. The summed E-state index contributed by atoms with van der Waals surface area (Å²) in [6, 6.07) is 3.67. The number of halogens is 4. The van der Waals surface area contributed by atoms with Crippen molar-refractivity contribution in [1.82, 2.24) is 5.32 Å². The molecule has 118 valence electrons. The zero-order valence-corrected chi connectivity index (χ0v) is 13.7. The quantitative estimate of drug-likeness (QED) is 0.325. The number of guanidine groups is 1. The lowest BCUT2D eigenvalue weighted by molar-refractivity contribution is -0.0506. The second-order valence-electron chi connectivity index (χ2n) is 4.11. The Morgan fingerprint density at radius 2 is 2.14 bits per heavy atom. The monoisotopic (exact) mass is 415 g/mol. The van der Waals surface area contributed by atoms with Gasteiger partial charge in [-0.05, 0) is 19.1 Å². The van der Waals surface area contributed by atoms with E-state index in [2.05, 4.69) is 21.6 Å². The van der Waals surface area contributed by atoms with Gasteiger partial charge in [0.2, 0.25) is 0 Å². The predicted octanol–water partition coefficient (Wildman–Crippen LogP) is 3.03. The average molecular weight is 415 g/mol. The molecule has 0 saturated heterocycles. The second kappa shape index (κ2) is 9.48. The van der Waals surface area contributed by atoms with Crippen LogP contribution < -0.4 is 15.8 Å². The van der Waals surface area contributed by atoms with Crippen LogP contribution in [0.25, 0.3) is 0 Å². The van der Waals surface area contributed by atoms with Crippen LogP contribution in [-0.2, 0) is 6.54 Å². The van der Waals surface area contributed by atoms with Crippen molar-refractivity contribution in [3.63, 3.8) is 0 Å². The summed E-state index contributed by atoms with van der Waals surface area (Å²) in [6.07, 6.45) is 0. The van der Waals surface area contributed by atoms with Crippen LogP contribution in [-0.4, -0.2) is 19.1 Å². The summed E-state index contributed by atoms with van der Waals surface area (Å²) < 4.78 is 42.3. The van der Waals surface area contributed by atoms with Gasteiger partial charge in [0.1, 0.15) is 11.6 Å². The highest BCUT2D eigenvalue weighted by Gasteiger charge is 2.13. The van der Waals surface area contributed by atoms with Gasteiger partial charge in [0.25, 0.3) is 0 Å². The topological polar surface area (TPSA) is 59.6 Å². The standard InChI is InChI=1S/C13H16F3N3O.HI/c1-8(2)6-18-13(17)19-7-9-10(14)4-3-5-11(9)20-12(15)16;/h3-5,12H,1,6-7H2,2H3,(H3,17,18,19);1H. The molecule has 1 aromatic carbocycles. The van der Waals surface area contributed by atoms with Crippen LogP contribution in [0.5, 0.6) is 5.75 Å². The predicted molar refractivity (Wildman–Crippen MR) is 86.6 cm³/mol. The molecule has 0 aromatic heterocycles. The highest BCUT2D eigenvalue weighted by atomic mass is 127. The first kappa shape index (κ1) is 19.6. The van der Waals surface area contributed by atoms with Crippen molar-refractivity contribution in [1.29, 1.82) is 0 Å². The van der Waals surface area contributed by atoms with Crippen LogP contribution in [0.2, 0.25) is 0 Å². The summed E-state index contributed by atoms with van der Waals surface area (Å²) in [6.45, 7) is 2.66. The van der Waals surface area contributed by atoms with Crippen molar-refractivity contribution in [3.05, 3.63) is 41.7 Å². The number of hydrogen-bond acceptors (Lipinski definition) is 2. The fourth-order valence-electron chi connectivity index (χ4n) is 1.36. The Kier molecular flexibility index (Phi) is 8.83. The molecule has 1 aromatic rings. The Hall–Kier alpha value is -1.45. The second-order valence-corrected chi connectivity index (χ2v) is 4.11. The lowest BCUT2D eigenvalue weighted by atomic mass is 10.2. The number of nitrogens with two attached hydrogens (primary N) is 1. The first-order chi connectivity index (χ1) is 9.40. The lowest BCUT2D eigenvalue weighted by Crippen LogP contribution is -2.32. The van der Waals surface area contributed by atoms with Gasteiger partial charge in [-0.25, -0.2) is 9.38 Å². The minimum absolute atomic E-state index is 0. The van der Waals surface area contributed by atoms with Gasteiger partial charge in [-0.3, -0.25) is 0 Å². The first-order valence-electron chi connectivity index (χ1n) is 5.80. The summed E-state index contributed by atoms with van der Waals surface area (Å²) in [7, 11) is 0. The minimum Gasteiger partial charge on any atom is -0.434 e. The van der Waals surface area contributed by atoms with E-state index in [1.807, 2.05) is 0 Å². The molecule has 0 bridgehead atoms. The molecule has 8 heteroatoms. The van der Waals surface area contributed by atoms with E-state index in [9.17, 15) is 13.2 Å². The highest BCUT2D eigenvalue weighted by Crippen LogP contribution is 2.24. The number of nitrogens with one attached hydrogen (secondary N) is 1. The smallest absolute Gasteiger partial charge is 0.387 e. The van der Waals surface area contributed by atoms with E-state index in [4.69, 9.17) is 5.73 Å². The molecule has 0 saturated carbocycles. The van der Waals surface area contributed by atoms with E-state index in [0.29, 0.717) is 6.54 Å². The number of aliphatic imine (C=N–C) groups is 1. The third kappa shape index (κ3) is 7.21. The molecule has 0 amide bonds. The van der Waals surface area contributed by atoms with Crippen molar-refractivity contribution in [2.45, 2.75) is 20.1 Å². The number of alkyl halides is 2. The number of hydrogen-bond donors (Lipinski definition) is 2. The van der Waals surface area contributed by atoms with Gasteiger partial charge < -0.3 is 15.8 Å². The van der Waals surface area contributed by atoms with Gasteiger partial charge in [-0.1, -0.05) is 18.2 Å². The number of rotatable bonds is 6. The normalized spacial score (nSPS) is 11.0. The Balaban J connectivity index is 0.00000400. The van der Waals surface area contributed by atoms with Crippen molar-refractivity contribution in [2.24, 2.45) is 10.7 Å². The summed E-state index contributed by atoms with van der Waals surface area (Å²) in [5.74, 6) is -0.865. The third-order valence-corrected chi connectivity index (χ3v) is 2.27. The van der Waals surface area contributed by atoms with Crippen molar-refractivity contribution < 1.29 is 17.9 Å². The zero-order chi connectivity index (χ0) is 15.1. The van der Waals surface area contributed by atoms with Gasteiger partial charge in [0.15, 0.2) is 5.96 Å². The molecule has 1 rings (SSSR count). The van der Waals surface area contributed by atoms with Gasteiger partial charge in [0, 0.05) is 6.54 Å². The SMILES string of the molecule is C=C(C)CNC(N)=NCc1c(F)cccc1OC(F)F.I. The molecule has 0 aliphatic carbocycles. The fourth-order valence-corrected chi connectivity index (χ4v) is 1.36. The maximum Gasteiger partial charge on any atom is 0.387 e. The molecule has 0 atom stereocenters. The number of nitrogens with zero attached hydrogens (tertiary/aromatic N) is 1. The molecular weight excluding hydrogens is 398 g/mol. The van der Waals surface area contributed by atoms with Crippen LogP contribution in [0.4, 0.5) is 13.2 Å². The average Bonchev–Trinajstić information content (AvgIpc) is 2.35. The summed E-state index contributed by atoms with van der Waals surface area (Å²) in [5.41, 5.74) is 6.32. The van der Waals surface area contributed by atoms with Gasteiger partial charge >= 0.3 is 6.61 Å². The van der Waals surface area contributed by atoms with E-state index >= 15 is 0 Å². The molecule has 0 fully saturated rings. The highest BCUT2D eigenvalue weighted by molar-refractivity contribution is 14.0. The molecule has 0 radical (unpaired) electrons. The zero-order valence-electron chi connectivity index (χ0n) is 11.4. The lowest BCUT2D eigenvalue weighted by Gasteiger charge is -2.10. The molecule has 0 heterocycles. The third-order valence-electron chi connectivity index (χ3n) is 2.27. The maximum atomic E-state index is 13.6. The number of ether oxygens (including phenoxy) is 1. The molecular formula is C13H17F3IN3O. The fraction of sp³-hybridized carbons (Fsp3) is 0.308. The van der Waals surface area contributed by atoms with Gasteiger partial charge in [0.05, 0.1) is 12.1 Å². The number of benzene rings is 1. The van der Waals surface area contributed by atoms with E-state index in [-0.39, 0.29) is 47.8 Å². The van der Waals surface area contributed by atoms with E-state index in [0.717, 1.165) is 11.6 Å². The molecule has 0 spiro atoms. The van der Waals surface area contributed by atoms with E-state index in [1.54, 1.807) is 6.92 Å². The molecule has 0 unspecified atom stereocenters. The summed E-state index contributed by atoms with van der Waals surface area (Å²) in [4.78, 5) is 3.87. The summed E-state index contributed by atoms with van der Waals surface area (Å²) >= 11 is 0. The van der Waals surface area contributed by atoms with Crippen LogP contribution in [0, 0.1) is 5.82 Å². The Morgan fingerprint density at radius 3 is 2.71 bits per heavy atom. The van der Waals surface area contributed by atoms with Crippen LogP contribution in [0.1, 0.15) is 12.5 Å². The Bertz CT molecular complexity index is 509. The molecule has 0 aliphatic heterocycles. The molecule has 0 aliphatic rings. The van der Waals surface area contributed by atoms with Crippen molar-refractivity contribution >= 4 is 29.9 Å². The van der Waals surface area contributed by atoms with Crippen LogP contribution >= 0.6 is 24.0 Å². The molecule has 4 nitrogen and oxygen atoms in total. The van der Waals surface area contributed by atoms with E-state index < -0.39 is 12.4 Å². The van der Waals surface area contributed by atoms with Gasteiger partial charge in [-0.15, -0.1) is 24.0 Å². The Morgan fingerprint density at radius 1 is 1.48 bits per heavy atom. The van der Waals surface area contributed by atoms with Crippen molar-refractivity contribution in [3.8, 4) is 5.75 Å². The largest absolute Gasteiger partial charge is 0.434 e. The van der Waals surface area contributed by atoms with Crippen molar-refractivity contribution in [2.75, 3.05) is 6.54 Å². The Labute approximate surface area is 138 Å². The van der Waals surface area contributed by atoms with Crippen LogP contribution in [0.15, 0.2) is 35.3 Å². The minimum atomic E-state index is -3.03. The summed E-state index contributed by atoms with van der Waals surface area (Å²) in [5, 5.41) is 2.75. The van der Waals surface area contributed by atoms with Gasteiger partial charge in [-0.2, -0.15) is 8.78 Å².